The number of nitrogens with one attached hydrogen (secondary N) is 2. The van der Waals surface area contributed by atoms with Crippen molar-refractivity contribution in [3.05, 3.63) is 18.2 Å². The number of hydrogen-bond donors (Lipinski definition) is 4. The van der Waals surface area contributed by atoms with Crippen LogP contribution in [-0.2, 0) is 9.53 Å². The maximum Gasteiger partial charge on any atom is 0.234 e. The van der Waals surface area contributed by atoms with Crippen LogP contribution < -0.4 is 11.1 Å². The highest BCUT2D eigenvalue weighted by Crippen LogP contribution is 2.32. The zero-order valence-electron chi connectivity index (χ0n) is 12.0. The zero-order valence-corrected chi connectivity index (χ0v) is 12.0. The molecule has 1 amide bonds. The van der Waals surface area contributed by atoms with E-state index in [4.69, 9.17) is 15.7 Å². The molecule has 1 fully saturated rings. The Morgan fingerprint density at radius 3 is 2.90 bits per heavy atom. The van der Waals surface area contributed by atoms with E-state index in [1.807, 2.05) is 6.92 Å². The first-order valence-electron chi connectivity index (χ1n) is 7.00. The van der Waals surface area contributed by atoms with Crippen LogP contribution in [0.2, 0.25) is 0 Å². The summed E-state index contributed by atoms with van der Waals surface area (Å²) in [6, 6.07) is -0.237. The van der Waals surface area contributed by atoms with Gasteiger partial charge in [0, 0.05) is 25.6 Å². The third-order valence-electron chi connectivity index (χ3n) is 3.94. The van der Waals surface area contributed by atoms with E-state index in [9.17, 15) is 4.79 Å². The quantitative estimate of drug-likeness (QED) is 0.273. The molecule has 0 aromatic carbocycles. The molecular weight excluding hydrogens is 274 g/mol. The molecule has 1 atom stereocenters. The van der Waals surface area contributed by atoms with Crippen LogP contribution in [0, 0.1) is 5.41 Å². The average molecular weight is 295 g/mol. The first kappa shape index (κ1) is 15.3. The number of H-pyrrole nitrogens is 1. The molecule has 1 aromatic heterocycles. The monoisotopic (exact) mass is 295 g/mol. The highest BCUT2D eigenvalue weighted by molar-refractivity contribution is 6.06. The first-order valence-corrected chi connectivity index (χ1v) is 7.00. The summed E-state index contributed by atoms with van der Waals surface area (Å²) in [4.78, 5) is 19.9. The van der Waals surface area contributed by atoms with Crippen molar-refractivity contribution in [2.24, 2.45) is 16.3 Å². The van der Waals surface area contributed by atoms with Crippen molar-refractivity contribution < 1.29 is 14.7 Å². The number of aromatic amines is 1. The molecule has 5 N–H and O–H groups in total. The van der Waals surface area contributed by atoms with E-state index in [2.05, 4.69) is 20.4 Å². The fourth-order valence-corrected chi connectivity index (χ4v) is 2.54. The number of oxime groups is 1. The number of amides is 1. The van der Waals surface area contributed by atoms with Gasteiger partial charge in [-0.05, 0) is 19.3 Å². The van der Waals surface area contributed by atoms with E-state index in [1.165, 1.54) is 0 Å². The molecule has 0 aliphatic carbocycles. The Hall–Kier alpha value is -2.09. The van der Waals surface area contributed by atoms with Crippen molar-refractivity contribution in [1.29, 1.82) is 0 Å². The summed E-state index contributed by atoms with van der Waals surface area (Å²) in [5, 5.41) is 15.0. The summed E-state index contributed by atoms with van der Waals surface area (Å²) in [6.07, 6.45) is 4.81. The standard InChI is InChI=1S/C13H21N5O3/c1-2-9(10-15-5-6-16-10)17-12(19)13(11(14)18-20)3-7-21-8-4-13/h5-6,9,20H,2-4,7-8H2,1H3,(H2,14,18)(H,15,16)(H,17,19). The lowest BCUT2D eigenvalue weighted by molar-refractivity contribution is -0.132. The lowest BCUT2D eigenvalue weighted by Crippen LogP contribution is -2.53. The number of imidazole rings is 1. The fourth-order valence-electron chi connectivity index (χ4n) is 2.54. The van der Waals surface area contributed by atoms with Gasteiger partial charge in [-0.15, -0.1) is 0 Å². The topological polar surface area (TPSA) is 126 Å². The number of carbonyl (C=O) groups excluding carboxylic acids is 1. The average Bonchev–Trinajstić information content (AvgIpc) is 3.06. The minimum atomic E-state index is -1.02. The van der Waals surface area contributed by atoms with Crippen LogP contribution in [0.5, 0.6) is 0 Å². The van der Waals surface area contributed by atoms with Gasteiger partial charge in [0.15, 0.2) is 5.84 Å². The second-order valence-electron chi connectivity index (χ2n) is 5.09. The predicted molar refractivity (Wildman–Crippen MR) is 75.7 cm³/mol. The maximum absolute atomic E-state index is 12.7. The number of nitrogens with two attached hydrogens (primary N) is 1. The lowest BCUT2D eigenvalue weighted by atomic mass is 9.78. The van der Waals surface area contributed by atoms with Gasteiger partial charge < -0.3 is 26.0 Å². The van der Waals surface area contributed by atoms with E-state index in [1.54, 1.807) is 12.4 Å². The molecule has 8 nitrogen and oxygen atoms in total. The van der Waals surface area contributed by atoms with Crippen molar-refractivity contribution in [3.8, 4) is 0 Å². The molecule has 2 heterocycles. The molecule has 0 radical (unpaired) electrons. The van der Waals surface area contributed by atoms with Gasteiger partial charge in [-0.1, -0.05) is 12.1 Å². The second kappa shape index (κ2) is 6.57. The Labute approximate surface area is 122 Å². The van der Waals surface area contributed by atoms with E-state index in [-0.39, 0.29) is 17.8 Å². The van der Waals surface area contributed by atoms with Crippen LogP contribution in [0.15, 0.2) is 17.5 Å². The van der Waals surface area contributed by atoms with Gasteiger partial charge in [0.2, 0.25) is 5.91 Å². The number of hydrogen-bond acceptors (Lipinski definition) is 5. The Bertz CT molecular complexity index is 494. The Morgan fingerprint density at radius 2 is 2.38 bits per heavy atom. The largest absolute Gasteiger partial charge is 0.409 e. The highest BCUT2D eigenvalue weighted by Gasteiger charge is 2.45. The summed E-state index contributed by atoms with van der Waals surface area (Å²) in [5.74, 6) is 0.356. The molecule has 8 heteroatoms. The number of aromatic nitrogens is 2. The molecule has 0 spiro atoms. The molecule has 0 bridgehead atoms. The Balaban J connectivity index is 2.18. The summed E-state index contributed by atoms with van der Waals surface area (Å²) >= 11 is 0. The highest BCUT2D eigenvalue weighted by atomic mass is 16.5. The minimum absolute atomic E-state index is 0.0717. The van der Waals surface area contributed by atoms with Crippen LogP contribution in [0.25, 0.3) is 0 Å². The van der Waals surface area contributed by atoms with Gasteiger partial charge in [0.25, 0.3) is 0 Å². The zero-order chi connectivity index (χ0) is 15.3. The van der Waals surface area contributed by atoms with Crippen LogP contribution in [-0.4, -0.2) is 40.1 Å². The van der Waals surface area contributed by atoms with E-state index >= 15 is 0 Å². The van der Waals surface area contributed by atoms with E-state index in [0.29, 0.717) is 38.3 Å². The van der Waals surface area contributed by atoms with Gasteiger partial charge in [0.1, 0.15) is 11.2 Å². The van der Waals surface area contributed by atoms with E-state index in [0.717, 1.165) is 0 Å². The smallest absolute Gasteiger partial charge is 0.234 e. The third-order valence-corrected chi connectivity index (χ3v) is 3.94. The molecule has 116 valence electrons. The van der Waals surface area contributed by atoms with Crippen LogP contribution in [0.1, 0.15) is 38.1 Å². The van der Waals surface area contributed by atoms with E-state index < -0.39 is 5.41 Å². The maximum atomic E-state index is 12.7. The second-order valence-corrected chi connectivity index (χ2v) is 5.09. The minimum Gasteiger partial charge on any atom is -0.409 e. The van der Waals surface area contributed by atoms with Crippen molar-refractivity contribution >= 4 is 11.7 Å². The van der Waals surface area contributed by atoms with Crippen LogP contribution >= 0.6 is 0 Å². The van der Waals surface area contributed by atoms with Gasteiger partial charge >= 0.3 is 0 Å². The summed E-state index contributed by atoms with van der Waals surface area (Å²) < 4.78 is 5.28. The summed E-state index contributed by atoms with van der Waals surface area (Å²) in [5.41, 5.74) is 4.76. The Morgan fingerprint density at radius 1 is 1.67 bits per heavy atom. The van der Waals surface area contributed by atoms with Crippen molar-refractivity contribution in [1.82, 2.24) is 15.3 Å². The van der Waals surface area contributed by atoms with Gasteiger partial charge in [0.05, 0.1) is 6.04 Å². The summed E-state index contributed by atoms with van der Waals surface area (Å²) in [6.45, 7) is 2.76. The normalized spacial score (nSPS) is 20.0. The SMILES string of the molecule is CCC(NC(=O)C1(/C(N)=N/O)CCOCC1)c1ncc[nH]1. The number of nitrogens with zero attached hydrogens (tertiary/aromatic N) is 2. The fraction of sp³-hybridized carbons (Fsp3) is 0.615. The number of carbonyl (C=O) groups is 1. The number of ether oxygens (including phenoxy) is 1. The molecule has 1 aliphatic rings. The molecular formula is C13H21N5O3. The van der Waals surface area contributed by atoms with Crippen molar-refractivity contribution in [3.63, 3.8) is 0 Å². The van der Waals surface area contributed by atoms with Crippen molar-refractivity contribution in [2.45, 2.75) is 32.2 Å². The summed E-state index contributed by atoms with van der Waals surface area (Å²) in [7, 11) is 0. The molecule has 1 unspecified atom stereocenters. The molecule has 1 saturated heterocycles. The number of rotatable bonds is 5. The molecule has 2 rings (SSSR count). The van der Waals surface area contributed by atoms with Crippen LogP contribution in [0.3, 0.4) is 0 Å². The molecule has 21 heavy (non-hydrogen) atoms. The molecule has 1 aromatic rings. The number of amidine groups is 1. The lowest BCUT2D eigenvalue weighted by Gasteiger charge is -2.35. The Kier molecular flexibility index (Phi) is 4.79. The third kappa shape index (κ3) is 2.99. The van der Waals surface area contributed by atoms with Crippen LogP contribution in [0.4, 0.5) is 0 Å². The van der Waals surface area contributed by atoms with Gasteiger partial charge in [-0.2, -0.15) is 0 Å². The van der Waals surface area contributed by atoms with Crippen molar-refractivity contribution in [2.75, 3.05) is 13.2 Å². The van der Waals surface area contributed by atoms with Gasteiger partial charge in [-0.25, -0.2) is 4.98 Å². The first-order chi connectivity index (χ1) is 10.1. The molecule has 1 aliphatic heterocycles. The predicted octanol–water partition coefficient (Wildman–Crippen LogP) is 0.520. The van der Waals surface area contributed by atoms with Gasteiger partial charge in [-0.3, -0.25) is 4.79 Å². The molecule has 0 saturated carbocycles.